The third-order valence-corrected chi connectivity index (χ3v) is 8.32. The highest BCUT2D eigenvalue weighted by Gasteiger charge is 2.39. The first-order valence-corrected chi connectivity index (χ1v) is 13.6. The molecule has 5 rings (SSSR count). The van der Waals surface area contributed by atoms with Gasteiger partial charge in [0.25, 0.3) is 0 Å². The normalized spacial score (nSPS) is 16.5. The zero-order valence-corrected chi connectivity index (χ0v) is 23.2. The number of aromatic nitrogens is 1. The first kappa shape index (κ1) is 26.6. The zero-order chi connectivity index (χ0) is 26.9. The Morgan fingerprint density at radius 1 is 1.11 bits per heavy atom. The minimum Gasteiger partial charge on any atom is -0.493 e. The summed E-state index contributed by atoms with van der Waals surface area (Å²) in [6.45, 7) is 5.57. The molecular weight excluding hydrogens is 523 g/mol. The van der Waals surface area contributed by atoms with Crippen molar-refractivity contribution in [3.05, 3.63) is 75.0 Å². The highest BCUT2D eigenvalue weighted by Crippen LogP contribution is 2.40. The fourth-order valence-electron chi connectivity index (χ4n) is 5.25. The molecule has 3 N–H and O–H groups in total. The second kappa shape index (κ2) is 11.0. The topological polar surface area (TPSA) is 93.7 Å². The molecule has 200 valence electrons. The number of hydrogen-bond acceptors (Lipinski definition) is 7. The van der Waals surface area contributed by atoms with Gasteiger partial charge >= 0.3 is 0 Å². The molecule has 0 radical (unpaired) electrons. The quantitative estimate of drug-likeness (QED) is 0.268. The van der Waals surface area contributed by atoms with Crippen molar-refractivity contribution in [3.8, 4) is 17.2 Å². The first-order chi connectivity index (χ1) is 18.3. The molecule has 2 aliphatic heterocycles. The second-order valence-corrected chi connectivity index (χ2v) is 10.7. The van der Waals surface area contributed by atoms with Crippen LogP contribution in [0.1, 0.15) is 48.4 Å². The molecule has 1 spiro atoms. The van der Waals surface area contributed by atoms with Gasteiger partial charge in [0, 0.05) is 53.9 Å². The molecule has 1 saturated heterocycles. The molecule has 2 aromatic carbocycles. The van der Waals surface area contributed by atoms with E-state index in [1.807, 2.05) is 18.2 Å². The standard InChI is InChI=1S/C29H32Cl2N4O3/c1-3-35-10-8-29(9-11-35)7-6-18-12-19(4-5-25(18)38-29)28(33)20-13-27(26(36-2)14-24(20)32)37-17-21-22(30)15-34-16-23(21)31/h4-5,12-16,33H,3,6-11,17,32H2,1-2H3. The van der Waals surface area contributed by atoms with Crippen LogP contribution in [0.4, 0.5) is 5.69 Å². The number of aryl methyl sites for hydroxylation is 1. The van der Waals surface area contributed by atoms with Crippen LogP contribution in [0, 0.1) is 5.41 Å². The highest BCUT2D eigenvalue weighted by molar-refractivity contribution is 6.35. The molecule has 7 nitrogen and oxygen atoms in total. The van der Waals surface area contributed by atoms with Crippen LogP contribution in [0.15, 0.2) is 42.7 Å². The number of rotatable bonds is 7. The molecule has 0 bridgehead atoms. The van der Waals surface area contributed by atoms with Gasteiger partial charge in [0.2, 0.25) is 0 Å². The number of benzene rings is 2. The van der Waals surface area contributed by atoms with Crippen LogP contribution in [0.2, 0.25) is 10.0 Å². The number of halogens is 2. The number of anilines is 1. The lowest BCUT2D eigenvalue weighted by Crippen LogP contribution is -2.49. The Kier molecular flexibility index (Phi) is 7.70. The Morgan fingerprint density at radius 2 is 1.84 bits per heavy atom. The number of fused-ring (bicyclic) bond motifs is 1. The monoisotopic (exact) mass is 554 g/mol. The summed E-state index contributed by atoms with van der Waals surface area (Å²) in [7, 11) is 1.54. The highest BCUT2D eigenvalue weighted by atomic mass is 35.5. The largest absolute Gasteiger partial charge is 0.493 e. The summed E-state index contributed by atoms with van der Waals surface area (Å²) in [4.78, 5) is 6.46. The van der Waals surface area contributed by atoms with Crippen LogP contribution in [0.3, 0.4) is 0 Å². The number of ether oxygens (including phenoxy) is 3. The number of hydrogen-bond donors (Lipinski definition) is 2. The number of pyridine rings is 1. The van der Waals surface area contributed by atoms with E-state index in [1.54, 1.807) is 19.2 Å². The molecule has 1 aromatic heterocycles. The third-order valence-electron chi connectivity index (χ3n) is 7.67. The van der Waals surface area contributed by atoms with Gasteiger partial charge in [0.15, 0.2) is 11.5 Å². The summed E-state index contributed by atoms with van der Waals surface area (Å²) in [5.41, 5.74) is 10.1. The lowest BCUT2D eigenvalue weighted by atomic mass is 9.82. The molecule has 0 atom stereocenters. The molecule has 2 aliphatic rings. The maximum atomic E-state index is 8.98. The van der Waals surface area contributed by atoms with E-state index in [0.29, 0.717) is 44.1 Å². The van der Waals surface area contributed by atoms with E-state index in [0.717, 1.165) is 62.2 Å². The molecule has 0 amide bonds. The van der Waals surface area contributed by atoms with Crippen molar-refractivity contribution >= 4 is 34.6 Å². The number of methoxy groups -OCH3 is 1. The Bertz CT molecular complexity index is 1340. The van der Waals surface area contributed by atoms with Crippen LogP contribution in [0.5, 0.6) is 17.2 Å². The van der Waals surface area contributed by atoms with E-state index in [9.17, 15) is 0 Å². The van der Waals surface area contributed by atoms with E-state index in [2.05, 4.69) is 16.8 Å². The Balaban J connectivity index is 1.36. The van der Waals surface area contributed by atoms with Gasteiger partial charge in [-0.3, -0.25) is 10.4 Å². The molecule has 3 aromatic rings. The van der Waals surface area contributed by atoms with Crippen LogP contribution in [-0.2, 0) is 13.0 Å². The summed E-state index contributed by atoms with van der Waals surface area (Å²) >= 11 is 12.5. The van der Waals surface area contributed by atoms with Gasteiger partial charge in [-0.25, -0.2) is 0 Å². The molecule has 3 heterocycles. The fraction of sp³-hybridized carbons (Fsp3) is 0.379. The lowest BCUT2D eigenvalue weighted by molar-refractivity contribution is -0.0132. The molecule has 0 saturated carbocycles. The van der Waals surface area contributed by atoms with E-state index in [-0.39, 0.29) is 12.2 Å². The van der Waals surface area contributed by atoms with Crippen LogP contribution >= 0.6 is 23.2 Å². The lowest BCUT2D eigenvalue weighted by Gasteiger charge is -2.44. The minimum atomic E-state index is -0.0685. The van der Waals surface area contributed by atoms with Gasteiger partial charge in [0.1, 0.15) is 18.0 Å². The predicted molar refractivity (Wildman–Crippen MR) is 151 cm³/mol. The second-order valence-electron chi connectivity index (χ2n) is 9.88. The van der Waals surface area contributed by atoms with Crippen molar-refractivity contribution in [2.75, 3.05) is 32.5 Å². The average molecular weight is 556 g/mol. The fourth-order valence-corrected chi connectivity index (χ4v) is 5.73. The van der Waals surface area contributed by atoms with Crippen molar-refractivity contribution in [2.45, 2.75) is 44.8 Å². The van der Waals surface area contributed by atoms with Gasteiger partial charge in [-0.05, 0) is 62.1 Å². The van der Waals surface area contributed by atoms with E-state index >= 15 is 0 Å². The van der Waals surface area contributed by atoms with Gasteiger partial charge in [-0.15, -0.1) is 0 Å². The van der Waals surface area contributed by atoms with Gasteiger partial charge in [-0.1, -0.05) is 30.1 Å². The van der Waals surface area contributed by atoms with Crippen LogP contribution < -0.4 is 19.9 Å². The van der Waals surface area contributed by atoms with E-state index < -0.39 is 0 Å². The maximum absolute atomic E-state index is 8.98. The molecule has 1 fully saturated rings. The van der Waals surface area contributed by atoms with Crippen molar-refractivity contribution in [3.63, 3.8) is 0 Å². The minimum absolute atomic E-state index is 0.0685. The average Bonchev–Trinajstić information content (AvgIpc) is 2.93. The van der Waals surface area contributed by atoms with Gasteiger partial charge < -0.3 is 24.8 Å². The summed E-state index contributed by atoms with van der Waals surface area (Å²) in [5, 5.41) is 9.80. The van der Waals surface area contributed by atoms with Gasteiger partial charge in [0.05, 0.1) is 22.9 Å². The summed E-state index contributed by atoms with van der Waals surface area (Å²) in [6.07, 6.45) is 7.07. The Morgan fingerprint density at radius 3 is 2.53 bits per heavy atom. The van der Waals surface area contributed by atoms with Crippen LogP contribution in [0.25, 0.3) is 0 Å². The summed E-state index contributed by atoms with van der Waals surface area (Å²) in [5.74, 6) is 1.82. The number of nitrogens with two attached hydrogens (primary N) is 1. The summed E-state index contributed by atoms with van der Waals surface area (Å²) < 4.78 is 18.1. The number of nitrogens with one attached hydrogen (secondary N) is 1. The Labute approximate surface area is 233 Å². The molecule has 0 unspecified atom stereocenters. The molecule has 38 heavy (non-hydrogen) atoms. The Hall–Kier alpha value is -3.00. The SMILES string of the molecule is CCN1CCC2(CCc3cc(C(=N)c4cc(OCc5c(Cl)cncc5Cl)c(OC)cc4N)ccc3O2)CC1. The van der Waals surface area contributed by atoms with E-state index in [4.69, 9.17) is 48.6 Å². The number of nitrogens with zero attached hydrogens (tertiary/aromatic N) is 2. The van der Waals surface area contributed by atoms with Crippen molar-refractivity contribution in [2.24, 2.45) is 0 Å². The first-order valence-electron chi connectivity index (χ1n) is 12.8. The smallest absolute Gasteiger partial charge is 0.162 e. The van der Waals surface area contributed by atoms with Crippen molar-refractivity contribution in [1.29, 1.82) is 5.41 Å². The number of nitrogen functional groups attached to an aromatic ring is 1. The molecule has 9 heteroatoms. The molecular formula is C29H32Cl2N4O3. The van der Waals surface area contributed by atoms with E-state index in [1.165, 1.54) is 12.4 Å². The predicted octanol–water partition coefficient (Wildman–Crippen LogP) is 6.15. The summed E-state index contributed by atoms with van der Waals surface area (Å²) in [6, 6.07) is 9.38. The zero-order valence-electron chi connectivity index (χ0n) is 21.7. The maximum Gasteiger partial charge on any atom is 0.162 e. The molecule has 0 aliphatic carbocycles. The van der Waals surface area contributed by atoms with Gasteiger partial charge in [-0.2, -0.15) is 0 Å². The van der Waals surface area contributed by atoms with Crippen LogP contribution in [-0.4, -0.2) is 47.9 Å². The number of piperidine rings is 1. The van der Waals surface area contributed by atoms with Crippen molar-refractivity contribution < 1.29 is 14.2 Å². The number of likely N-dealkylation sites (tertiary alicyclic amines) is 1. The van der Waals surface area contributed by atoms with Crippen molar-refractivity contribution in [1.82, 2.24) is 9.88 Å². The third kappa shape index (κ3) is 5.28.